The van der Waals surface area contributed by atoms with E-state index in [9.17, 15) is 9.59 Å². The Bertz CT molecular complexity index is 486. The summed E-state index contributed by atoms with van der Waals surface area (Å²) >= 11 is 0. The molecule has 0 saturated carbocycles. The van der Waals surface area contributed by atoms with Crippen molar-refractivity contribution < 1.29 is 9.59 Å². The molecule has 0 radical (unpaired) electrons. The lowest BCUT2D eigenvalue weighted by Crippen LogP contribution is -2.27. The fourth-order valence-corrected chi connectivity index (χ4v) is 1.71. The Hall–Kier alpha value is -1.88. The van der Waals surface area contributed by atoms with Gasteiger partial charge in [0.05, 0.1) is 0 Å². The van der Waals surface area contributed by atoms with Crippen molar-refractivity contribution in [3.63, 3.8) is 0 Å². The van der Waals surface area contributed by atoms with E-state index in [4.69, 9.17) is 5.73 Å². The Morgan fingerprint density at radius 3 is 2.40 bits per heavy atom. The van der Waals surface area contributed by atoms with Crippen molar-refractivity contribution in [2.24, 2.45) is 11.7 Å². The fourth-order valence-electron chi connectivity index (χ4n) is 1.71. The molecule has 0 heterocycles. The summed E-state index contributed by atoms with van der Waals surface area (Å²) in [6.07, 6.45) is 1.29. The van der Waals surface area contributed by atoms with E-state index in [1.807, 2.05) is 26.0 Å². The van der Waals surface area contributed by atoms with Crippen molar-refractivity contribution >= 4 is 23.2 Å². The van der Waals surface area contributed by atoms with Crippen LogP contribution in [0.4, 0.5) is 11.4 Å². The van der Waals surface area contributed by atoms with Crippen LogP contribution in [0.5, 0.6) is 0 Å². The van der Waals surface area contributed by atoms with E-state index in [1.54, 1.807) is 13.0 Å². The number of rotatable bonds is 6. The molecule has 0 aliphatic heterocycles. The van der Waals surface area contributed by atoms with Crippen molar-refractivity contribution in [1.82, 2.24) is 0 Å². The Kier molecular flexibility index (Phi) is 6.18. The minimum Gasteiger partial charge on any atom is -0.330 e. The van der Waals surface area contributed by atoms with E-state index < -0.39 is 0 Å². The highest BCUT2D eigenvalue weighted by atomic mass is 16.2. The van der Waals surface area contributed by atoms with Crippen molar-refractivity contribution in [3.8, 4) is 0 Å². The van der Waals surface area contributed by atoms with Gasteiger partial charge in [0.2, 0.25) is 11.8 Å². The summed E-state index contributed by atoms with van der Waals surface area (Å²) in [5.74, 6) is -0.380. The minimum atomic E-state index is -0.243. The molecular weight excluding hydrogens is 254 g/mol. The average molecular weight is 277 g/mol. The second-order valence-corrected chi connectivity index (χ2v) is 4.90. The smallest absolute Gasteiger partial charge is 0.228 e. The molecule has 1 aromatic carbocycles. The standard InChI is InChI=1S/C15H23N3O2/c1-4-6-14(19)17-12-7-5-8-13(11(12)3)18-15(20)10(2)9-16/h5,7-8,10H,4,6,9,16H2,1-3H3,(H,17,19)(H,18,20). The molecule has 1 atom stereocenters. The van der Waals surface area contributed by atoms with Crippen LogP contribution in [0.3, 0.4) is 0 Å². The van der Waals surface area contributed by atoms with Crippen molar-refractivity contribution in [2.75, 3.05) is 17.2 Å². The molecule has 1 aromatic rings. The highest BCUT2D eigenvalue weighted by molar-refractivity contribution is 5.96. The van der Waals surface area contributed by atoms with Crippen LogP contribution in [0.15, 0.2) is 18.2 Å². The van der Waals surface area contributed by atoms with Gasteiger partial charge in [-0.1, -0.05) is 19.9 Å². The number of anilines is 2. The molecule has 1 unspecified atom stereocenters. The van der Waals surface area contributed by atoms with Crippen LogP contribution in [0.25, 0.3) is 0 Å². The van der Waals surface area contributed by atoms with E-state index in [-0.39, 0.29) is 17.7 Å². The van der Waals surface area contributed by atoms with Gasteiger partial charge in [0.1, 0.15) is 0 Å². The number of nitrogens with two attached hydrogens (primary N) is 1. The SMILES string of the molecule is CCCC(=O)Nc1cccc(NC(=O)C(C)CN)c1C. The number of amides is 2. The van der Waals surface area contributed by atoms with E-state index in [0.717, 1.165) is 17.7 Å². The largest absolute Gasteiger partial charge is 0.330 e. The third kappa shape index (κ3) is 4.35. The molecule has 1 rings (SSSR count). The van der Waals surface area contributed by atoms with Crippen LogP contribution in [0.2, 0.25) is 0 Å². The molecular formula is C15H23N3O2. The number of hydrogen-bond donors (Lipinski definition) is 3. The van der Waals surface area contributed by atoms with Gasteiger partial charge in [-0.2, -0.15) is 0 Å². The minimum absolute atomic E-state index is 0.0191. The second kappa shape index (κ2) is 7.65. The molecule has 5 heteroatoms. The van der Waals surface area contributed by atoms with Crippen LogP contribution < -0.4 is 16.4 Å². The first-order valence-electron chi connectivity index (χ1n) is 6.90. The first-order valence-corrected chi connectivity index (χ1v) is 6.90. The van der Waals surface area contributed by atoms with E-state index in [0.29, 0.717) is 18.7 Å². The van der Waals surface area contributed by atoms with Gasteiger partial charge in [-0.3, -0.25) is 9.59 Å². The molecule has 20 heavy (non-hydrogen) atoms. The third-order valence-electron chi connectivity index (χ3n) is 3.14. The van der Waals surface area contributed by atoms with Gasteiger partial charge in [0.15, 0.2) is 0 Å². The molecule has 110 valence electrons. The molecule has 2 amide bonds. The maximum atomic E-state index is 11.9. The van der Waals surface area contributed by atoms with Gasteiger partial charge in [-0.15, -0.1) is 0 Å². The Balaban J connectivity index is 2.84. The zero-order valence-electron chi connectivity index (χ0n) is 12.3. The zero-order chi connectivity index (χ0) is 15.1. The maximum Gasteiger partial charge on any atom is 0.228 e. The summed E-state index contributed by atoms with van der Waals surface area (Å²) in [6.45, 7) is 5.90. The maximum absolute atomic E-state index is 11.9. The molecule has 0 bridgehead atoms. The summed E-state index contributed by atoms with van der Waals surface area (Å²) in [5, 5.41) is 5.69. The quantitative estimate of drug-likeness (QED) is 0.745. The first-order chi connectivity index (χ1) is 9.49. The van der Waals surface area contributed by atoms with Gasteiger partial charge in [0.25, 0.3) is 0 Å². The van der Waals surface area contributed by atoms with Crippen LogP contribution in [-0.4, -0.2) is 18.4 Å². The highest BCUT2D eigenvalue weighted by Gasteiger charge is 2.13. The third-order valence-corrected chi connectivity index (χ3v) is 3.14. The lowest BCUT2D eigenvalue weighted by Gasteiger charge is -2.15. The Labute approximate surface area is 119 Å². The second-order valence-electron chi connectivity index (χ2n) is 4.90. The molecule has 0 spiro atoms. The summed E-state index contributed by atoms with van der Waals surface area (Å²) < 4.78 is 0. The van der Waals surface area contributed by atoms with Crippen molar-refractivity contribution in [1.29, 1.82) is 0 Å². The summed E-state index contributed by atoms with van der Waals surface area (Å²) in [4.78, 5) is 23.5. The van der Waals surface area contributed by atoms with Crippen LogP contribution in [0, 0.1) is 12.8 Å². The predicted octanol–water partition coefficient (Wildman–Crippen LogP) is 2.27. The number of carbonyl (C=O) groups excluding carboxylic acids is 2. The van der Waals surface area contributed by atoms with Gasteiger partial charge in [-0.05, 0) is 31.0 Å². The van der Waals surface area contributed by atoms with Crippen LogP contribution in [0.1, 0.15) is 32.3 Å². The molecule has 5 nitrogen and oxygen atoms in total. The normalized spacial score (nSPS) is 11.8. The van der Waals surface area contributed by atoms with Crippen LogP contribution >= 0.6 is 0 Å². The molecule has 0 aromatic heterocycles. The monoisotopic (exact) mass is 277 g/mol. The highest BCUT2D eigenvalue weighted by Crippen LogP contribution is 2.24. The number of nitrogens with one attached hydrogen (secondary N) is 2. The van der Waals surface area contributed by atoms with Gasteiger partial charge < -0.3 is 16.4 Å². The topological polar surface area (TPSA) is 84.2 Å². The van der Waals surface area contributed by atoms with Crippen LogP contribution in [-0.2, 0) is 9.59 Å². The fraction of sp³-hybridized carbons (Fsp3) is 0.467. The summed E-state index contributed by atoms with van der Waals surface area (Å²) in [7, 11) is 0. The summed E-state index contributed by atoms with van der Waals surface area (Å²) in [5.41, 5.74) is 7.74. The van der Waals surface area contributed by atoms with Gasteiger partial charge in [0, 0.05) is 30.3 Å². The number of carbonyl (C=O) groups is 2. The van der Waals surface area contributed by atoms with Crippen molar-refractivity contribution in [3.05, 3.63) is 23.8 Å². The summed E-state index contributed by atoms with van der Waals surface area (Å²) in [6, 6.07) is 5.44. The number of benzene rings is 1. The van der Waals surface area contributed by atoms with Gasteiger partial charge >= 0.3 is 0 Å². The molecule has 0 fully saturated rings. The first kappa shape index (κ1) is 16.2. The Morgan fingerprint density at radius 1 is 1.25 bits per heavy atom. The average Bonchev–Trinajstić information content (AvgIpc) is 2.42. The lowest BCUT2D eigenvalue weighted by molar-refractivity contribution is -0.119. The number of hydrogen-bond acceptors (Lipinski definition) is 3. The van der Waals surface area contributed by atoms with Gasteiger partial charge in [-0.25, -0.2) is 0 Å². The van der Waals surface area contributed by atoms with E-state index in [1.165, 1.54) is 0 Å². The van der Waals surface area contributed by atoms with Crippen molar-refractivity contribution in [2.45, 2.75) is 33.6 Å². The molecule has 0 aliphatic carbocycles. The predicted molar refractivity (Wildman–Crippen MR) is 81.6 cm³/mol. The lowest BCUT2D eigenvalue weighted by atomic mass is 10.1. The molecule has 0 saturated heterocycles. The van der Waals surface area contributed by atoms with E-state index in [2.05, 4.69) is 10.6 Å². The zero-order valence-corrected chi connectivity index (χ0v) is 12.3. The molecule has 0 aliphatic rings. The Morgan fingerprint density at radius 2 is 1.85 bits per heavy atom. The van der Waals surface area contributed by atoms with E-state index >= 15 is 0 Å². The molecule has 4 N–H and O–H groups in total.